The van der Waals surface area contributed by atoms with E-state index in [-0.39, 0.29) is 11.4 Å². The van der Waals surface area contributed by atoms with Crippen LogP contribution in [-0.2, 0) is 13.1 Å². The van der Waals surface area contributed by atoms with E-state index < -0.39 is 0 Å². The third-order valence-electron chi connectivity index (χ3n) is 4.71. The normalized spacial score (nSPS) is 16.5. The molecule has 1 aliphatic rings. The fraction of sp³-hybridized carbons (Fsp3) is 0.412. The summed E-state index contributed by atoms with van der Waals surface area (Å²) in [7, 11) is 0. The second-order valence-electron chi connectivity index (χ2n) is 6.42. The third-order valence-corrected chi connectivity index (χ3v) is 4.71. The van der Waals surface area contributed by atoms with Crippen molar-refractivity contribution in [1.29, 1.82) is 0 Å². The molecule has 8 heteroatoms. The highest BCUT2D eigenvalue weighted by Crippen LogP contribution is 2.20. The highest BCUT2D eigenvalue weighted by Gasteiger charge is 2.21. The van der Waals surface area contributed by atoms with E-state index in [4.69, 9.17) is 4.42 Å². The Hall–Kier alpha value is -2.61. The average Bonchev–Trinajstić information content (AvgIpc) is 3.12. The van der Waals surface area contributed by atoms with Gasteiger partial charge in [0.1, 0.15) is 5.82 Å². The summed E-state index contributed by atoms with van der Waals surface area (Å²) < 4.78 is 20.1. The maximum atomic E-state index is 13.2. The van der Waals surface area contributed by atoms with E-state index in [2.05, 4.69) is 20.1 Å². The number of likely N-dealkylation sites (tertiary alicyclic amines) is 1. The van der Waals surface area contributed by atoms with Crippen LogP contribution in [0.4, 0.5) is 4.39 Å². The molecule has 1 aliphatic heterocycles. The van der Waals surface area contributed by atoms with E-state index in [0.717, 1.165) is 25.9 Å². The van der Waals surface area contributed by atoms with E-state index in [1.54, 1.807) is 4.57 Å². The van der Waals surface area contributed by atoms with Crippen molar-refractivity contribution < 1.29 is 8.81 Å². The molecule has 1 saturated heterocycles. The maximum absolute atomic E-state index is 13.2. The molecule has 0 bridgehead atoms. The first-order valence-electron chi connectivity index (χ1n) is 8.31. The van der Waals surface area contributed by atoms with Gasteiger partial charge in [0.25, 0.3) is 5.56 Å². The smallest absolute Gasteiger partial charge is 0.261 e. The van der Waals surface area contributed by atoms with Crippen molar-refractivity contribution in [3.8, 4) is 0 Å². The van der Waals surface area contributed by atoms with Gasteiger partial charge in [0.2, 0.25) is 12.3 Å². The lowest BCUT2D eigenvalue weighted by molar-refractivity contribution is 0.154. The van der Waals surface area contributed by atoms with Gasteiger partial charge in [-0.05, 0) is 44.0 Å². The Morgan fingerprint density at radius 2 is 2.12 bits per heavy atom. The zero-order valence-electron chi connectivity index (χ0n) is 13.6. The SMILES string of the molecule is O=c1c2ccc(F)cc2ncn1CC1CCN(Cc2nnco2)CC1. The lowest BCUT2D eigenvalue weighted by atomic mass is 9.96. The van der Waals surface area contributed by atoms with Crippen LogP contribution in [0.15, 0.2) is 40.1 Å². The van der Waals surface area contributed by atoms with E-state index in [0.29, 0.717) is 35.8 Å². The summed E-state index contributed by atoms with van der Waals surface area (Å²) in [6.45, 7) is 3.14. The first-order chi connectivity index (χ1) is 12.2. The number of nitrogens with zero attached hydrogens (tertiary/aromatic N) is 5. The number of fused-ring (bicyclic) bond motifs is 1. The molecule has 0 radical (unpaired) electrons. The summed E-state index contributed by atoms with van der Waals surface area (Å²) in [6, 6.07) is 4.09. The molecule has 1 aromatic carbocycles. The summed E-state index contributed by atoms with van der Waals surface area (Å²) in [5.41, 5.74) is 0.286. The Labute approximate surface area is 143 Å². The van der Waals surface area contributed by atoms with Crippen LogP contribution in [0.2, 0.25) is 0 Å². The molecule has 130 valence electrons. The van der Waals surface area contributed by atoms with Crippen LogP contribution in [-0.4, -0.2) is 37.7 Å². The molecule has 0 atom stereocenters. The number of benzene rings is 1. The van der Waals surface area contributed by atoms with Crippen LogP contribution in [0.25, 0.3) is 10.9 Å². The first-order valence-corrected chi connectivity index (χ1v) is 8.31. The molecule has 0 spiro atoms. The molecule has 7 nitrogen and oxygen atoms in total. The van der Waals surface area contributed by atoms with Gasteiger partial charge in [0.15, 0.2) is 0 Å². The van der Waals surface area contributed by atoms with Gasteiger partial charge in [0.05, 0.1) is 23.8 Å². The van der Waals surface area contributed by atoms with E-state index >= 15 is 0 Å². The molecule has 3 aromatic rings. The second kappa shape index (κ2) is 6.72. The van der Waals surface area contributed by atoms with E-state index in [1.165, 1.54) is 30.9 Å². The van der Waals surface area contributed by atoms with Crippen LogP contribution in [0.3, 0.4) is 0 Å². The molecule has 0 unspecified atom stereocenters. The Kier molecular flexibility index (Phi) is 4.27. The Morgan fingerprint density at radius 1 is 1.28 bits per heavy atom. The van der Waals surface area contributed by atoms with E-state index in [9.17, 15) is 9.18 Å². The minimum atomic E-state index is -0.384. The number of halogens is 1. The van der Waals surface area contributed by atoms with Gasteiger partial charge >= 0.3 is 0 Å². The van der Waals surface area contributed by atoms with Crippen LogP contribution < -0.4 is 5.56 Å². The number of piperidine rings is 1. The summed E-state index contributed by atoms with van der Waals surface area (Å²) in [4.78, 5) is 19.0. The molecule has 0 N–H and O–H groups in total. The molecule has 25 heavy (non-hydrogen) atoms. The van der Waals surface area contributed by atoms with Crippen molar-refractivity contribution in [3.63, 3.8) is 0 Å². The van der Waals surface area contributed by atoms with Gasteiger partial charge in [-0.25, -0.2) is 9.37 Å². The fourth-order valence-electron chi connectivity index (χ4n) is 3.32. The van der Waals surface area contributed by atoms with Gasteiger partial charge < -0.3 is 4.42 Å². The summed E-state index contributed by atoms with van der Waals surface area (Å²) in [5.74, 6) is 0.655. The van der Waals surface area contributed by atoms with Crippen molar-refractivity contribution in [3.05, 3.63) is 53.0 Å². The van der Waals surface area contributed by atoms with Crippen molar-refractivity contribution >= 4 is 10.9 Å². The Morgan fingerprint density at radius 3 is 2.88 bits per heavy atom. The first kappa shape index (κ1) is 15.9. The van der Waals surface area contributed by atoms with Gasteiger partial charge in [-0.2, -0.15) is 0 Å². The lowest BCUT2D eigenvalue weighted by Crippen LogP contribution is -2.36. The molecule has 2 aromatic heterocycles. The van der Waals surface area contributed by atoms with Gasteiger partial charge in [-0.15, -0.1) is 10.2 Å². The van der Waals surface area contributed by atoms with Crippen molar-refractivity contribution in [1.82, 2.24) is 24.6 Å². The molecule has 0 amide bonds. The standard InChI is InChI=1S/C17H18FN5O2/c18-13-1-2-14-15(7-13)19-10-23(17(14)24)8-12-3-5-22(6-4-12)9-16-21-20-11-25-16/h1-2,7,10-12H,3-6,8-9H2. The number of hydrogen-bond acceptors (Lipinski definition) is 6. The van der Waals surface area contributed by atoms with Gasteiger partial charge in [0, 0.05) is 12.6 Å². The summed E-state index contributed by atoms with van der Waals surface area (Å²) >= 11 is 0. The van der Waals surface area contributed by atoms with Crippen molar-refractivity contribution in [2.24, 2.45) is 5.92 Å². The third kappa shape index (κ3) is 3.43. The van der Waals surface area contributed by atoms with Crippen LogP contribution in [0.5, 0.6) is 0 Å². The van der Waals surface area contributed by atoms with Gasteiger partial charge in [-0.1, -0.05) is 0 Å². The van der Waals surface area contributed by atoms with Crippen molar-refractivity contribution in [2.45, 2.75) is 25.9 Å². The fourth-order valence-corrected chi connectivity index (χ4v) is 3.32. The Bertz CT molecular complexity index is 916. The zero-order chi connectivity index (χ0) is 17.2. The molecular weight excluding hydrogens is 325 g/mol. The predicted molar refractivity (Wildman–Crippen MR) is 88.3 cm³/mol. The summed E-state index contributed by atoms with van der Waals surface area (Å²) in [6.07, 6.45) is 4.84. The largest absolute Gasteiger partial charge is 0.427 e. The molecule has 0 aliphatic carbocycles. The van der Waals surface area contributed by atoms with Crippen LogP contribution in [0, 0.1) is 11.7 Å². The number of hydrogen-bond donors (Lipinski definition) is 0. The van der Waals surface area contributed by atoms with Gasteiger partial charge in [-0.3, -0.25) is 14.3 Å². The monoisotopic (exact) mass is 343 g/mol. The molecule has 4 rings (SSSR count). The highest BCUT2D eigenvalue weighted by atomic mass is 19.1. The van der Waals surface area contributed by atoms with Crippen LogP contribution >= 0.6 is 0 Å². The highest BCUT2D eigenvalue weighted by molar-refractivity contribution is 5.77. The van der Waals surface area contributed by atoms with Crippen LogP contribution in [0.1, 0.15) is 18.7 Å². The number of rotatable bonds is 4. The molecule has 0 saturated carbocycles. The molecule has 1 fully saturated rings. The minimum absolute atomic E-state index is 0.113. The van der Waals surface area contributed by atoms with Crippen molar-refractivity contribution in [2.75, 3.05) is 13.1 Å². The zero-order valence-corrected chi connectivity index (χ0v) is 13.6. The second-order valence-corrected chi connectivity index (χ2v) is 6.42. The summed E-state index contributed by atoms with van der Waals surface area (Å²) in [5, 5.41) is 8.05. The lowest BCUT2D eigenvalue weighted by Gasteiger charge is -2.31. The number of aromatic nitrogens is 4. The Balaban J connectivity index is 1.41. The predicted octanol–water partition coefficient (Wildman–Crippen LogP) is 1.83. The molecule has 3 heterocycles. The topological polar surface area (TPSA) is 77.1 Å². The quantitative estimate of drug-likeness (QED) is 0.719. The maximum Gasteiger partial charge on any atom is 0.261 e. The molecular formula is C17H18FN5O2. The average molecular weight is 343 g/mol. The van der Waals surface area contributed by atoms with E-state index in [1.807, 2.05) is 0 Å². The minimum Gasteiger partial charge on any atom is -0.427 e.